The first-order chi connectivity index (χ1) is 15.5. The van der Waals surface area contributed by atoms with Crippen LogP contribution in [0, 0.1) is 11.3 Å². The minimum Gasteiger partial charge on any atom is -0.423 e. The lowest BCUT2D eigenvalue weighted by molar-refractivity contribution is -0.117. The van der Waals surface area contributed by atoms with Gasteiger partial charge in [-0.05, 0) is 47.9 Å². The van der Waals surface area contributed by atoms with Crippen LogP contribution in [0.5, 0.6) is 0 Å². The number of nitrogens with one attached hydrogen (secondary N) is 1. The third-order valence-electron chi connectivity index (χ3n) is 5.80. The van der Waals surface area contributed by atoms with Crippen LogP contribution in [0.2, 0.25) is 0 Å². The molecule has 1 N–H and O–H groups in total. The monoisotopic (exact) mass is 430 g/mol. The van der Waals surface area contributed by atoms with Crippen LogP contribution in [0.4, 0.5) is 5.69 Å². The van der Waals surface area contributed by atoms with Crippen LogP contribution >= 0.6 is 0 Å². The van der Waals surface area contributed by atoms with Crippen molar-refractivity contribution in [3.63, 3.8) is 0 Å². The summed E-state index contributed by atoms with van der Waals surface area (Å²) < 4.78 is 5.37. The molecule has 164 valence electrons. The molecule has 1 amide bonds. The number of piperazine rings is 1. The molecule has 0 saturated carbocycles. The number of nitriles is 1. The topological polar surface area (TPSA) is 89.6 Å². The second-order valence-electron chi connectivity index (χ2n) is 8.07. The van der Waals surface area contributed by atoms with Gasteiger partial charge >= 0.3 is 5.63 Å². The molecule has 1 saturated heterocycles. The molecule has 0 radical (unpaired) electrons. The van der Waals surface area contributed by atoms with E-state index in [-0.39, 0.29) is 11.5 Å². The van der Waals surface area contributed by atoms with E-state index in [1.54, 1.807) is 30.3 Å². The van der Waals surface area contributed by atoms with Crippen molar-refractivity contribution in [1.29, 1.82) is 5.26 Å². The Morgan fingerprint density at radius 1 is 1.09 bits per heavy atom. The number of anilines is 1. The van der Waals surface area contributed by atoms with Crippen LogP contribution in [0.25, 0.3) is 11.0 Å². The van der Waals surface area contributed by atoms with E-state index in [4.69, 9.17) is 9.68 Å². The minimum absolute atomic E-state index is 0.0905. The average molecular weight is 431 g/mol. The van der Waals surface area contributed by atoms with Gasteiger partial charge in [-0.3, -0.25) is 14.6 Å². The van der Waals surface area contributed by atoms with E-state index >= 15 is 0 Å². The third-order valence-corrected chi connectivity index (χ3v) is 5.80. The van der Waals surface area contributed by atoms with Gasteiger partial charge in [-0.25, -0.2) is 4.79 Å². The molecule has 2 heterocycles. The molecule has 1 aliphatic rings. The molecule has 0 bridgehead atoms. The van der Waals surface area contributed by atoms with Gasteiger partial charge in [0.15, 0.2) is 0 Å². The van der Waals surface area contributed by atoms with Gasteiger partial charge in [-0.1, -0.05) is 19.1 Å². The van der Waals surface area contributed by atoms with Gasteiger partial charge in [0, 0.05) is 49.9 Å². The van der Waals surface area contributed by atoms with E-state index in [0.29, 0.717) is 29.9 Å². The fourth-order valence-electron chi connectivity index (χ4n) is 4.04. The van der Waals surface area contributed by atoms with Gasteiger partial charge in [0.05, 0.1) is 18.2 Å². The molecule has 3 aromatic rings. The first-order valence-corrected chi connectivity index (χ1v) is 10.8. The molecule has 1 fully saturated rings. The van der Waals surface area contributed by atoms with E-state index in [0.717, 1.165) is 43.5 Å². The van der Waals surface area contributed by atoms with Crippen LogP contribution < -0.4 is 10.9 Å². The number of rotatable bonds is 6. The van der Waals surface area contributed by atoms with E-state index in [1.165, 1.54) is 5.56 Å². The van der Waals surface area contributed by atoms with E-state index in [1.807, 2.05) is 12.1 Å². The molecule has 0 atom stereocenters. The minimum atomic E-state index is -0.326. The number of benzene rings is 2. The lowest BCUT2D eigenvalue weighted by atomic mass is 10.0. The van der Waals surface area contributed by atoms with Crippen LogP contribution in [0.15, 0.2) is 57.7 Å². The number of amides is 1. The Hall–Kier alpha value is -3.47. The SMILES string of the molecule is CCc1ccc2oc(=O)cc(CN3CCN(CC(=O)Nc4cccc(C#N)c4)CC3)c2c1. The summed E-state index contributed by atoms with van der Waals surface area (Å²) in [4.78, 5) is 28.8. The zero-order chi connectivity index (χ0) is 22.5. The number of carbonyl (C=O) groups is 1. The quantitative estimate of drug-likeness (QED) is 0.605. The van der Waals surface area contributed by atoms with Crippen molar-refractivity contribution >= 4 is 22.6 Å². The lowest BCUT2D eigenvalue weighted by Gasteiger charge is -2.34. The van der Waals surface area contributed by atoms with Crippen LogP contribution in [0.1, 0.15) is 23.6 Å². The first kappa shape index (κ1) is 21.8. The van der Waals surface area contributed by atoms with Crippen LogP contribution in [0.3, 0.4) is 0 Å². The van der Waals surface area contributed by atoms with Crippen molar-refractivity contribution in [3.8, 4) is 6.07 Å². The van der Waals surface area contributed by atoms with Crippen molar-refractivity contribution < 1.29 is 9.21 Å². The Kier molecular flexibility index (Phi) is 6.64. The average Bonchev–Trinajstić information content (AvgIpc) is 2.80. The second-order valence-corrected chi connectivity index (χ2v) is 8.07. The Morgan fingerprint density at radius 3 is 2.62 bits per heavy atom. The molecule has 1 aromatic heterocycles. The Morgan fingerprint density at radius 2 is 1.88 bits per heavy atom. The summed E-state index contributed by atoms with van der Waals surface area (Å²) in [7, 11) is 0. The summed E-state index contributed by atoms with van der Waals surface area (Å²) in [6.07, 6.45) is 0.927. The molecule has 32 heavy (non-hydrogen) atoms. The first-order valence-electron chi connectivity index (χ1n) is 10.8. The standard InChI is InChI=1S/C25H26N4O3/c1-2-18-6-7-23-22(13-18)20(14-25(31)32-23)16-28-8-10-29(11-9-28)17-24(30)27-21-5-3-4-19(12-21)15-26/h3-7,12-14H,2,8-11,16-17H2,1H3,(H,27,30). The Labute approximate surface area is 186 Å². The largest absolute Gasteiger partial charge is 0.423 e. The highest BCUT2D eigenvalue weighted by molar-refractivity contribution is 5.92. The predicted octanol–water partition coefficient (Wildman–Crippen LogP) is 2.98. The number of aryl methyl sites for hydroxylation is 1. The highest BCUT2D eigenvalue weighted by Crippen LogP contribution is 2.21. The normalized spacial score (nSPS) is 14.9. The molecule has 4 rings (SSSR count). The summed E-state index contributed by atoms with van der Waals surface area (Å²) in [5.41, 5.74) is 3.64. The van der Waals surface area contributed by atoms with Crippen molar-refractivity contribution in [1.82, 2.24) is 9.80 Å². The zero-order valence-electron chi connectivity index (χ0n) is 18.1. The lowest BCUT2D eigenvalue weighted by Crippen LogP contribution is -2.48. The highest BCUT2D eigenvalue weighted by Gasteiger charge is 2.20. The molecular weight excluding hydrogens is 404 g/mol. The molecule has 0 spiro atoms. The molecular formula is C25H26N4O3. The third kappa shape index (κ3) is 5.22. The molecule has 7 nitrogen and oxygen atoms in total. The zero-order valence-corrected chi connectivity index (χ0v) is 18.1. The molecule has 1 aliphatic heterocycles. The predicted molar refractivity (Wildman–Crippen MR) is 123 cm³/mol. The number of fused-ring (bicyclic) bond motifs is 1. The van der Waals surface area contributed by atoms with Gasteiger partial charge in [0.25, 0.3) is 0 Å². The van der Waals surface area contributed by atoms with Gasteiger partial charge in [0.1, 0.15) is 5.58 Å². The number of hydrogen-bond donors (Lipinski definition) is 1. The van der Waals surface area contributed by atoms with E-state index < -0.39 is 0 Å². The summed E-state index contributed by atoms with van der Waals surface area (Å²) in [5.74, 6) is -0.0905. The fraction of sp³-hybridized carbons (Fsp3) is 0.320. The van der Waals surface area contributed by atoms with Crippen LogP contribution in [-0.4, -0.2) is 48.4 Å². The maximum Gasteiger partial charge on any atom is 0.336 e. The molecule has 0 unspecified atom stereocenters. The summed E-state index contributed by atoms with van der Waals surface area (Å²) >= 11 is 0. The summed E-state index contributed by atoms with van der Waals surface area (Å²) in [6, 6.07) is 16.6. The Bertz CT molecular complexity index is 1220. The maximum atomic E-state index is 12.4. The van der Waals surface area contributed by atoms with Crippen molar-refractivity contribution in [2.24, 2.45) is 0 Å². The Balaban J connectivity index is 1.35. The molecule has 7 heteroatoms. The van der Waals surface area contributed by atoms with Gasteiger partial charge in [-0.15, -0.1) is 0 Å². The van der Waals surface area contributed by atoms with Crippen molar-refractivity contribution in [2.75, 3.05) is 38.0 Å². The van der Waals surface area contributed by atoms with Gasteiger partial charge < -0.3 is 9.73 Å². The summed E-state index contributed by atoms with van der Waals surface area (Å²) in [5, 5.41) is 12.8. The van der Waals surface area contributed by atoms with Crippen LogP contribution in [-0.2, 0) is 17.8 Å². The summed E-state index contributed by atoms with van der Waals surface area (Å²) in [6.45, 7) is 6.25. The number of hydrogen-bond acceptors (Lipinski definition) is 6. The van der Waals surface area contributed by atoms with Crippen molar-refractivity contribution in [2.45, 2.75) is 19.9 Å². The number of nitrogens with zero attached hydrogens (tertiary/aromatic N) is 3. The fourth-order valence-corrected chi connectivity index (χ4v) is 4.04. The van der Waals surface area contributed by atoms with Gasteiger partial charge in [-0.2, -0.15) is 5.26 Å². The van der Waals surface area contributed by atoms with Crippen molar-refractivity contribution in [3.05, 3.63) is 75.6 Å². The molecule has 2 aromatic carbocycles. The smallest absolute Gasteiger partial charge is 0.336 e. The van der Waals surface area contributed by atoms with E-state index in [9.17, 15) is 9.59 Å². The number of carbonyl (C=O) groups excluding carboxylic acids is 1. The van der Waals surface area contributed by atoms with E-state index in [2.05, 4.69) is 34.2 Å². The molecule has 0 aliphatic carbocycles. The van der Waals surface area contributed by atoms with Gasteiger partial charge in [0.2, 0.25) is 5.91 Å². The second kappa shape index (κ2) is 9.77. The maximum absolute atomic E-state index is 12.4. The highest BCUT2D eigenvalue weighted by atomic mass is 16.4.